The standard InChI is InChI=1S/C29H36N6O2/c1-4-26(28-31-32-33-35(28)15-14-22-9-6-5-7-10-22)34(19-25-11-8-16-37-25)18-24-17-23-13-12-20(2)21(3)27(23)30-29(24)36/h5-7,9-10,12-13,17,25-26H,4,8,11,14-16,18-19H2,1-3H3,(H,30,36)/t25-,26+/m1/s1. The first-order valence-corrected chi connectivity index (χ1v) is 13.3. The molecule has 1 N–H and O–H groups in total. The predicted molar refractivity (Wildman–Crippen MR) is 144 cm³/mol. The molecule has 37 heavy (non-hydrogen) atoms. The Morgan fingerprint density at radius 2 is 2.03 bits per heavy atom. The van der Waals surface area contributed by atoms with Gasteiger partial charge in [-0.2, -0.15) is 0 Å². The molecule has 4 aromatic rings. The van der Waals surface area contributed by atoms with E-state index in [1.165, 1.54) is 11.1 Å². The molecule has 2 aromatic carbocycles. The molecule has 1 aliphatic rings. The van der Waals surface area contributed by atoms with Gasteiger partial charge in [-0.1, -0.05) is 49.4 Å². The Morgan fingerprint density at radius 3 is 2.78 bits per heavy atom. The smallest absolute Gasteiger partial charge is 0.252 e. The van der Waals surface area contributed by atoms with Gasteiger partial charge in [-0.05, 0) is 78.1 Å². The average Bonchev–Trinajstić information content (AvgIpc) is 3.59. The molecule has 1 aliphatic heterocycles. The number of fused-ring (bicyclic) bond motifs is 1. The maximum absolute atomic E-state index is 13.2. The molecular formula is C29H36N6O2. The number of rotatable bonds is 10. The third-order valence-corrected chi connectivity index (χ3v) is 7.60. The van der Waals surface area contributed by atoms with Gasteiger partial charge in [0.1, 0.15) is 0 Å². The summed E-state index contributed by atoms with van der Waals surface area (Å²) in [6.07, 6.45) is 3.91. The number of H-pyrrole nitrogens is 1. The van der Waals surface area contributed by atoms with Crippen LogP contribution in [0.25, 0.3) is 10.9 Å². The van der Waals surface area contributed by atoms with Crippen molar-refractivity contribution < 1.29 is 4.74 Å². The maximum atomic E-state index is 13.2. The van der Waals surface area contributed by atoms with Crippen molar-refractivity contribution in [2.45, 2.75) is 71.7 Å². The van der Waals surface area contributed by atoms with E-state index < -0.39 is 0 Å². The highest BCUT2D eigenvalue weighted by Crippen LogP contribution is 2.27. The number of nitrogens with zero attached hydrogens (tertiary/aromatic N) is 5. The molecule has 0 bridgehead atoms. The van der Waals surface area contributed by atoms with Gasteiger partial charge in [-0.25, -0.2) is 4.68 Å². The van der Waals surface area contributed by atoms with Gasteiger partial charge in [-0.3, -0.25) is 9.69 Å². The first-order valence-electron chi connectivity index (χ1n) is 13.3. The van der Waals surface area contributed by atoms with Crippen LogP contribution < -0.4 is 5.56 Å². The lowest BCUT2D eigenvalue weighted by Crippen LogP contribution is -2.37. The molecule has 0 amide bonds. The fourth-order valence-corrected chi connectivity index (χ4v) is 5.35. The average molecular weight is 501 g/mol. The zero-order valence-electron chi connectivity index (χ0n) is 22.0. The molecule has 0 spiro atoms. The zero-order chi connectivity index (χ0) is 25.8. The van der Waals surface area contributed by atoms with Crippen molar-refractivity contribution in [3.8, 4) is 0 Å². The minimum Gasteiger partial charge on any atom is -0.377 e. The Morgan fingerprint density at radius 1 is 1.19 bits per heavy atom. The van der Waals surface area contributed by atoms with Gasteiger partial charge in [0.25, 0.3) is 5.56 Å². The summed E-state index contributed by atoms with van der Waals surface area (Å²) in [5.74, 6) is 0.833. The molecule has 2 aromatic heterocycles. The number of aryl methyl sites for hydroxylation is 4. The SMILES string of the molecule is CC[C@@H](c1nnnn1CCc1ccccc1)N(Cc1cc2ccc(C)c(C)c2[nH]c1=O)C[C@H]1CCCO1. The van der Waals surface area contributed by atoms with Crippen molar-refractivity contribution in [3.63, 3.8) is 0 Å². The van der Waals surface area contributed by atoms with E-state index in [0.717, 1.165) is 66.7 Å². The molecule has 8 nitrogen and oxygen atoms in total. The number of aromatic nitrogens is 5. The van der Waals surface area contributed by atoms with Gasteiger partial charge in [0, 0.05) is 31.8 Å². The van der Waals surface area contributed by atoms with E-state index in [9.17, 15) is 4.79 Å². The summed E-state index contributed by atoms with van der Waals surface area (Å²) in [5, 5.41) is 13.9. The van der Waals surface area contributed by atoms with Gasteiger partial charge in [0.2, 0.25) is 0 Å². The van der Waals surface area contributed by atoms with Crippen LogP contribution in [0.2, 0.25) is 0 Å². The number of tetrazole rings is 1. The topological polar surface area (TPSA) is 88.9 Å². The highest BCUT2D eigenvalue weighted by atomic mass is 16.5. The Balaban J connectivity index is 1.45. The number of hydrogen-bond acceptors (Lipinski definition) is 6. The minimum atomic E-state index is -0.0444. The minimum absolute atomic E-state index is 0.0372. The van der Waals surface area contributed by atoms with Crippen LogP contribution in [0.3, 0.4) is 0 Å². The van der Waals surface area contributed by atoms with Gasteiger partial charge in [-0.15, -0.1) is 5.10 Å². The lowest BCUT2D eigenvalue weighted by molar-refractivity contribution is 0.0488. The van der Waals surface area contributed by atoms with Crippen molar-refractivity contribution >= 4 is 10.9 Å². The van der Waals surface area contributed by atoms with Crippen LogP contribution in [0, 0.1) is 13.8 Å². The van der Waals surface area contributed by atoms with E-state index >= 15 is 0 Å². The first kappa shape index (κ1) is 25.3. The summed E-state index contributed by atoms with van der Waals surface area (Å²) < 4.78 is 7.93. The van der Waals surface area contributed by atoms with Gasteiger partial charge in [0.15, 0.2) is 5.82 Å². The second kappa shape index (κ2) is 11.4. The molecule has 194 valence electrons. The van der Waals surface area contributed by atoms with Crippen LogP contribution in [0.1, 0.15) is 60.3 Å². The van der Waals surface area contributed by atoms with E-state index in [2.05, 4.69) is 82.6 Å². The third-order valence-electron chi connectivity index (χ3n) is 7.60. The van der Waals surface area contributed by atoms with Crippen molar-refractivity contribution in [2.24, 2.45) is 0 Å². The molecule has 3 heterocycles. The largest absolute Gasteiger partial charge is 0.377 e. The summed E-state index contributed by atoms with van der Waals surface area (Å²) in [6.45, 7) is 9.00. The number of nitrogens with one attached hydrogen (secondary N) is 1. The number of pyridine rings is 1. The van der Waals surface area contributed by atoms with E-state index in [0.29, 0.717) is 13.1 Å². The maximum Gasteiger partial charge on any atom is 0.252 e. The van der Waals surface area contributed by atoms with Crippen LogP contribution in [-0.4, -0.2) is 49.3 Å². The molecule has 2 atom stereocenters. The van der Waals surface area contributed by atoms with Crippen LogP contribution in [0.4, 0.5) is 0 Å². The van der Waals surface area contributed by atoms with E-state index in [1.807, 2.05) is 16.8 Å². The lowest BCUT2D eigenvalue weighted by atomic mass is 10.0. The lowest BCUT2D eigenvalue weighted by Gasteiger charge is -2.32. The molecule has 1 fully saturated rings. The van der Waals surface area contributed by atoms with E-state index in [4.69, 9.17) is 4.74 Å². The monoisotopic (exact) mass is 500 g/mol. The summed E-state index contributed by atoms with van der Waals surface area (Å²) in [7, 11) is 0. The van der Waals surface area contributed by atoms with Crippen molar-refractivity contribution in [1.82, 2.24) is 30.1 Å². The number of hydrogen-bond donors (Lipinski definition) is 1. The second-order valence-corrected chi connectivity index (χ2v) is 10.1. The zero-order valence-corrected chi connectivity index (χ0v) is 22.0. The molecule has 1 saturated heterocycles. The molecule has 0 unspecified atom stereocenters. The Hall–Kier alpha value is -3.36. The summed E-state index contributed by atoms with van der Waals surface area (Å²) in [6, 6.07) is 16.6. The highest BCUT2D eigenvalue weighted by Gasteiger charge is 2.29. The number of aromatic amines is 1. The summed E-state index contributed by atoms with van der Waals surface area (Å²) >= 11 is 0. The van der Waals surface area contributed by atoms with Crippen molar-refractivity contribution in [2.75, 3.05) is 13.2 Å². The van der Waals surface area contributed by atoms with Crippen LogP contribution in [0.15, 0.2) is 53.3 Å². The molecular weight excluding hydrogens is 464 g/mol. The molecule has 0 radical (unpaired) electrons. The molecule has 5 rings (SSSR count). The fraction of sp³-hybridized carbons (Fsp3) is 0.448. The quantitative estimate of drug-likeness (QED) is 0.345. The van der Waals surface area contributed by atoms with Crippen molar-refractivity contribution in [1.29, 1.82) is 0 Å². The normalized spacial score (nSPS) is 16.6. The van der Waals surface area contributed by atoms with Gasteiger partial charge in [0.05, 0.1) is 17.7 Å². The van der Waals surface area contributed by atoms with E-state index in [-0.39, 0.29) is 17.7 Å². The Kier molecular flexibility index (Phi) is 7.76. The van der Waals surface area contributed by atoms with Gasteiger partial charge >= 0.3 is 0 Å². The van der Waals surface area contributed by atoms with Crippen LogP contribution in [0.5, 0.6) is 0 Å². The van der Waals surface area contributed by atoms with Crippen LogP contribution in [-0.2, 0) is 24.2 Å². The number of ether oxygens (including phenoxy) is 1. The Bertz CT molecular complexity index is 1390. The van der Waals surface area contributed by atoms with Crippen molar-refractivity contribution in [3.05, 3.63) is 87.0 Å². The third kappa shape index (κ3) is 5.65. The van der Waals surface area contributed by atoms with Gasteiger partial charge < -0.3 is 9.72 Å². The Labute approximate surface area is 217 Å². The fourth-order valence-electron chi connectivity index (χ4n) is 5.35. The first-order chi connectivity index (χ1) is 18.0. The predicted octanol–water partition coefficient (Wildman–Crippen LogP) is 4.51. The highest BCUT2D eigenvalue weighted by molar-refractivity contribution is 5.83. The molecule has 8 heteroatoms. The van der Waals surface area contributed by atoms with Crippen LogP contribution >= 0.6 is 0 Å². The summed E-state index contributed by atoms with van der Waals surface area (Å²) in [4.78, 5) is 18.7. The van der Waals surface area contributed by atoms with E-state index in [1.54, 1.807) is 0 Å². The second-order valence-electron chi connectivity index (χ2n) is 10.1. The number of benzene rings is 2. The summed E-state index contributed by atoms with van der Waals surface area (Å²) in [5.41, 5.74) is 5.15. The molecule has 0 aliphatic carbocycles. The molecule has 0 saturated carbocycles.